The Hall–Kier alpha value is -3.02. The van der Waals surface area contributed by atoms with Crippen molar-refractivity contribution in [1.29, 1.82) is 0 Å². The van der Waals surface area contributed by atoms with E-state index in [1.165, 1.54) is 11.1 Å². The summed E-state index contributed by atoms with van der Waals surface area (Å²) in [5.74, 6) is 1.63. The maximum absolute atomic E-state index is 11.8. The van der Waals surface area contributed by atoms with Crippen LogP contribution in [0, 0.1) is 12.8 Å². The molecule has 2 aromatic rings. The summed E-state index contributed by atoms with van der Waals surface area (Å²) in [6.07, 6.45) is 0.843. The van der Waals surface area contributed by atoms with Gasteiger partial charge in [0.15, 0.2) is 5.96 Å². The molecule has 6 nitrogen and oxygen atoms in total. The lowest BCUT2D eigenvalue weighted by atomic mass is 10.1. The van der Waals surface area contributed by atoms with Crippen LogP contribution in [0.3, 0.4) is 0 Å². The third kappa shape index (κ3) is 7.14. The van der Waals surface area contributed by atoms with Crippen molar-refractivity contribution < 1.29 is 9.53 Å². The van der Waals surface area contributed by atoms with E-state index in [0.29, 0.717) is 6.54 Å². The van der Waals surface area contributed by atoms with Crippen LogP contribution in [0.1, 0.15) is 30.5 Å². The fraction of sp³-hybridized carbons (Fsp3) is 0.391. The topological polar surface area (TPSA) is 74.8 Å². The number of methoxy groups -OCH3 is 1. The molecule has 0 saturated heterocycles. The largest absolute Gasteiger partial charge is 0.496 e. The standard InChI is InChI=1S/C23H32N4O2/c1-16(2)22(28)27-20-9-7-18(8-10-20)15-26-23(24-4)25-13-12-19-14-17(3)6-11-21(19)29-5/h6-11,14,16H,12-13,15H2,1-5H3,(H,27,28)(H2,24,25,26). The zero-order valence-electron chi connectivity index (χ0n) is 18.0. The van der Waals surface area contributed by atoms with Crippen molar-refractivity contribution in [2.24, 2.45) is 10.9 Å². The first-order chi connectivity index (χ1) is 13.9. The van der Waals surface area contributed by atoms with Crippen molar-refractivity contribution in [3.63, 3.8) is 0 Å². The molecule has 0 aliphatic heterocycles. The number of anilines is 1. The van der Waals surface area contributed by atoms with E-state index in [4.69, 9.17) is 4.74 Å². The predicted octanol–water partition coefficient (Wildman–Crippen LogP) is 3.51. The molecule has 0 radical (unpaired) electrons. The van der Waals surface area contributed by atoms with Gasteiger partial charge in [0.1, 0.15) is 5.75 Å². The third-order valence-corrected chi connectivity index (χ3v) is 4.55. The molecule has 0 heterocycles. The summed E-state index contributed by atoms with van der Waals surface area (Å²) < 4.78 is 5.44. The number of hydrogen-bond acceptors (Lipinski definition) is 3. The average molecular weight is 397 g/mol. The Morgan fingerprint density at radius 3 is 2.45 bits per heavy atom. The van der Waals surface area contributed by atoms with E-state index in [1.807, 2.05) is 44.2 Å². The molecule has 6 heteroatoms. The quantitative estimate of drug-likeness (QED) is 0.472. The van der Waals surface area contributed by atoms with Gasteiger partial charge in [-0.15, -0.1) is 0 Å². The van der Waals surface area contributed by atoms with Gasteiger partial charge in [0, 0.05) is 31.7 Å². The second kappa shape index (κ2) is 11.1. The minimum absolute atomic E-state index is 0.0192. The molecule has 0 bridgehead atoms. The number of aryl methyl sites for hydroxylation is 1. The van der Waals surface area contributed by atoms with Crippen LogP contribution >= 0.6 is 0 Å². The summed E-state index contributed by atoms with van der Waals surface area (Å²) >= 11 is 0. The second-order valence-corrected chi connectivity index (χ2v) is 7.26. The summed E-state index contributed by atoms with van der Waals surface area (Å²) in [6.45, 7) is 7.23. The van der Waals surface area contributed by atoms with Gasteiger partial charge >= 0.3 is 0 Å². The van der Waals surface area contributed by atoms with Gasteiger partial charge in [0.25, 0.3) is 0 Å². The zero-order chi connectivity index (χ0) is 21.2. The molecule has 0 unspecified atom stereocenters. The molecule has 3 N–H and O–H groups in total. The molecule has 2 aromatic carbocycles. The number of hydrogen-bond donors (Lipinski definition) is 3. The predicted molar refractivity (Wildman–Crippen MR) is 120 cm³/mol. The number of amides is 1. The summed E-state index contributed by atoms with van der Waals surface area (Å²) in [7, 11) is 3.45. The second-order valence-electron chi connectivity index (χ2n) is 7.26. The monoisotopic (exact) mass is 396 g/mol. The maximum atomic E-state index is 11.8. The fourth-order valence-electron chi connectivity index (χ4n) is 2.82. The molecule has 2 rings (SSSR count). The third-order valence-electron chi connectivity index (χ3n) is 4.55. The van der Waals surface area contributed by atoms with Crippen molar-refractivity contribution in [2.45, 2.75) is 33.7 Å². The Kier molecular flexibility index (Phi) is 8.52. The van der Waals surface area contributed by atoms with E-state index in [9.17, 15) is 4.79 Å². The molecule has 0 aliphatic rings. The Morgan fingerprint density at radius 2 is 1.83 bits per heavy atom. The molecule has 0 aromatic heterocycles. The molecule has 29 heavy (non-hydrogen) atoms. The molecule has 0 aliphatic carbocycles. The number of rotatable bonds is 8. The lowest BCUT2D eigenvalue weighted by Crippen LogP contribution is -2.37. The minimum atomic E-state index is -0.0366. The van der Waals surface area contributed by atoms with Crippen molar-refractivity contribution in [1.82, 2.24) is 10.6 Å². The molecule has 1 amide bonds. The summed E-state index contributed by atoms with van der Waals surface area (Å²) in [4.78, 5) is 16.0. The van der Waals surface area contributed by atoms with Crippen LogP contribution in [0.2, 0.25) is 0 Å². The number of benzene rings is 2. The number of carbonyl (C=O) groups excluding carboxylic acids is 1. The Bertz CT molecular complexity index is 829. The molecule has 156 valence electrons. The fourth-order valence-corrected chi connectivity index (χ4v) is 2.82. The molecule has 0 atom stereocenters. The summed E-state index contributed by atoms with van der Waals surface area (Å²) in [6, 6.07) is 14.0. The average Bonchev–Trinajstić information content (AvgIpc) is 2.71. The number of nitrogens with one attached hydrogen (secondary N) is 3. The Morgan fingerprint density at radius 1 is 1.10 bits per heavy atom. The number of ether oxygens (including phenoxy) is 1. The van der Waals surface area contributed by atoms with Crippen molar-refractivity contribution in [2.75, 3.05) is 26.0 Å². The van der Waals surface area contributed by atoms with Crippen LogP contribution in [0.5, 0.6) is 5.75 Å². The van der Waals surface area contributed by atoms with Crippen LogP contribution in [0.25, 0.3) is 0 Å². The highest BCUT2D eigenvalue weighted by molar-refractivity contribution is 5.92. The smallest absolute Gasteiger partial charge is 0.226 e. The SMILES string of the molecule is CN=C(NCCc1cc(C)ccc1OC)NCc1ccc(NC(=O)C(C)C)cc1. The van der Waals surface area contributed by atoms with Crippen molar-refractivity contribution in [3.8, 4) is 5.75 Å². The first-order valence-corrected chi connectivity index (χ1v) is 9.90. The van der Waals surface area contributed by atoms with E-state index in [2.05, 4.69) is 40.0 Å². The first-order valence-electron chi connectivity index (χ1n) is 9.90. The van der Waals surface area contributed by atoms with E-state index in [0.717, 1.165) is 35.9 Å². The van der Waals surface area contributed by atoms with Gasteiger partial charge < -0.3 is 20.7 Å². The van der Waals surface area contributed by atoms with E-state index >= 15 is 0 Å². The van der Waals surface area contributed by atoms with Gasteiger partial charge in [-0.25, -0.2) is 0 Å². The lowest BCUT2D eigenvalue weighted by molar-refractivity contribution is -0.118. The van der Waals surface area contributed by atoms with Crippen LogP contribution in [-0.4, -0.2) is 32.6 Å². The van der Waals surface area contributed by atoms with Crippen molar-refractivity contribution in [3.05, 3.63) is 59.2 Å². The van der Waals surface area contributed by atoms with Gasteiger partial charge in [-0.05, 0) is 42.7 Å². The van der Waals surface area contributed by atoms with E-state index in [-0.39, 0.29) is 11.8 Å². The van der Waals surface area contributed by atoms with Gasteiger partial charge in [0.05, 0.1) is 7.11 Å². The highest BCUT2D eigenvalue weighted by Crippen LogP contribution is 2.19. The van der Waals surface area contributed by atoms with Gasteiger partial charge in [0.2, 0.25) is 5.91 Å². The molecule has 0 spiro atoms. The van der Waals surface area contributed by atoms with Crippen LogP contribution in [0.4, 0.5) is 5.69 Å². The van der Waals surface area contributed by atoms with Crippen molar-refractivity contribution >= 4 is 17.6 Å². The molecular formula is C23H32N4O2. The molecule has 0 fully saturated rings. The minimum Gasteiger partial charge on any atom is -0.496 e. The number of guanidine groups is 1. The van der Waals surface area contributed by atoms with Gasteiger partial charge in [-0.1, -0.05) is 43.7 Å². The number of nitrogens with zero attached hydrogens (tertiary/aromatic N) is 1. The molecular weight excluding hydrogens is 364 g/mol. The Balaban J connectivity index is 1.82. The van der Waals surface area contributed by atoms with E-state index in [1.54, 1.807) is 14.2 Å². The van der Waals surface area contributed by atoms with Crippen LogP contribution < -0.4 is 20.7 Å². The van der Waals surface area contributed by atoms with Gasteiger partial charge in [-0.3, -0.25) is 9.79 Å². The maximum Gasteiger partial charge on any atom is 0.226 e. The van der Waals surface area contributed by atoms with Gasteiger partial charge in [-0.2, -0.15) is 0 Å². The van der Waals surface area contributed by atoms with Crippen LogP contribution in [0.15, 0.2) is 47.5 Å². The normalized spacial score (nSPS) is 11.3. The summed E-state index contributed by atoms with van der Waals surface area (Å²) in [5.41, 5.74) is 4.31. The number of aliphatic imine (C=N–C) groups is 1. The summed E-state index contributed by atoms with van der Waals surface area (Å²) in [5, 5.41) is 9.54. The lowest BCUT2D eigenvalue weighted by Gasteiger charge is -2.14. The first kappa shape index (κ1) is 22.3. The Labute approximate surface area is 173 Å². The zero-order valence-corrected chi connectivity index (χ0v) is 18.0. The molecule has 0 saturated carbocycles. The highest BCUT2D eigenvalue weighted by atomic mass is 16.5. The number of carbonyl (C=O) groups is 1. The highest BCUT2D eigenvalue weighted by Gasteiger charge is 2.07. The van der Waals surface area contributed by atoms with E-state index < -0.39 is 0 Å². The van der Waals surface area contributed by atoms with Crippen LogP contribution in [-0.2, 0) is 17.8 Å².